The molecule has 0 aromatic heterocycles. The van der Waals surface area contributed by atoms with E-state index in [4.69, 9.17) is 5.11 Å². The number of nitrogens with one attached hydrogen (secondary N) is 1. The monoisotopic (exact) mass is 243 g/mol. The largest absolute Gasteiger partial charge is 0.481 e. The third-order valence-electron chi connectivity index (χ3n) is 2.94. The van der Waals surface area contributed by atoms with E-state index in [1.54, 1.807) is 7.05 Å². The predicted molar refractivity (Wildman–Crippen MR) is 67.8 cm³/mol. The Kier molecular flexibility index (Phi) is 9.49. The molecule has 1 amide bonds. The molecule has 0 aliphatic rings. The summed E-state index contributed by atoms with van der Waals surface area (Å²) in [6.45, 7) is 2.18. The summed E-state index contributed by atoms with van der Waals surface area (Å²) >= 11 is 0. The number of hydrogen-bond acceptors (Lipinski definition) is 2. The molecular weight excluding hydrogens is 218 g/mol. The molecule has 0 spiro atoms. The van der Waals surface area contributed by atoms with Crippen LogP contribution in [0, 0.1) is 5.92 Å². The van der Waals surface area contributed by atoms with Crippen LogP contribution in [-0.4, -0.2) is 24.0 Å². The first kappa shape index (κ1) is 15.9. The van der Waals surface area contributed by atoms with Gasteiger partial charge in [-0.2, -0.15) is 0 Å². The fourth-order valence-corrected chi connectivity index (χ4v) is 1.91. The van der Waals surface area contributed by atoms with Gasteiger partial charge in [0.1, 0.15) is 0 Å². The lowest BCUT2D eigenvalue weighted by Gasteiger charge is -2.12. The maximum absolute atomic E-state index is 11.4. The summed E-state index contributed by atoms with van der Waals surface area (Å²) in [6.07, 6.45) is 7.55. The molecule has 0 fully saturated rings. The number of unbranched alkanes of at least 4 members (excludes halogenated alkanes) is 5. The molecule has 17 heavy (non-hydrogen) atoms. The van der Waals surface area contributed by atoms with Gasteiger partial charge in [0.25, 0.3) is 0 Å². The molecule has 0 saturated heterocycles. The fraction of sp³-hybridized carbons (Fsp3) is 0.846. The smallest absolute Gasteiger partial charge is 0.304 e. The molecule has 1 atom stereocenters. The summed E-state index contributed by atoms with van der Waals surface area (Å²) in [4.78, 5) is 22.1. The molecular formula is C13H25NO3. The van der Waals surface area contributed by atoms with E-state index < -0.39 is 5.97 Å². The van der Waals surface area contributed by atoms with E-state index in [1.165, 1.54) is 25.7 Å². The zero-order valence-corrected chi connectivity index (χ0v) is 11.0. The summed E-state index contributed by atoms with van der Waals surface area (Å²) < 4.78 is 0. The second kappa shape index (κ2) is 10.1. The highest BCUT2D eigenvalue weighted by Gasteiger charge is 2.19. The second-order valence-electron chi connectivity index (χ2n) is 4.47. The van der Waals surface area contributed by atoms with Crippen molar-refractivity contribution in [3.63, 3.8) is 0 Å². The van der Waals surface area contributed by atoms with Gasteiger partial charge in [0, 0.05) is 13.0 Å². The Hall–Kier alpha value is -1.06. The van der Waals surface area contributed by atoms with E-state index in [1.807, 2.05) is 0 Å². The highest BCUT2D eigenvalue weighted by molar-refractivity contribution is 5.82. The zero-order valence-electron chi connectivity index (χ0n) is 11.0. The average Bonchev–Trinajstić information content (AvgIpc) is 2.30. The van der Waals surface area contributed by atoms with Crippen molar-refractivity contribution >= 4 is 11.9 Å². The lowest BCUT2D eigenvalue weighted by atomic mass is 9.96. The lowest BCUT2D eigenvalue weighted by Crippen LogP contribution is -2.29. The number of amides is 1. The minimum atomic E-state index is -0.899. The van der Waals surface area contributed by atoms with E-state index >= 15 is 0 Å². The van der Waals surface area contributed by atoms with Crippen molar-refractivity contribution in [3.05, 3.63) is 0 Å². The van der Waals surface area contributed by atoms with Gasteiger partial charge in [-0.05, 0) is 6.42 Å². The Labute approximate surface area is 104 Å². The highest BCUT2D eigenvalue weighted by Crippen LogP contribution is 2.15. The molecule has 2 N–H and O–H groups in total. The zero-order chi connectivity index (χ0) is 13.1. The number of carbonyl (C=O) groups is 2. The maximum atomic E-state index is 11.4. The molecule has 4 nitrogen and oxygen atoms in total. The van der Waals surface area contributed by atoms with Crippen LogP contribution in [-0.2, 0) is 9.59 Å². The van der Waals surface area contributed by atoms with Crippen molar-refractivity contribution in [2.75, 3.05) is 7.05 Å². The van der Waals surface area contributed by atoms with E-state index in [0.29, 0.717) is 6.42 Å². The van der Waals surface area contributed by atoms with Gasteiger partial charge in [-0.3, -0.25) is 9.59 Å². The van der Waals surface area contributed by atoms with Gasteiger partial charge in [-0.15, -0.1) is 0 Å². The molecule has 0 aliphatic carbocycles. The van der Waals surface area contributed by atoms with Crippen LogP contribution >= 0.6 is 0 Å². The van der Waals surface area contributed by atoms with Gasteiger partial charge in [0.15, 0.2) is 0 Å². The molecule has 100 valence electrons. The molecule has 0 saturated carbocycles. The Morgan fingerprint density at radius 2 is 1.71 bits per heavy atom. The first-order chi connectivity index (χ1) is 8.11. The lowest BCUT2D eigenvalue weighted by molar-refractivity contribution is -0.141. The Morgan fingerprint density at radius 1 is 1.12 bits per heavy atom. The first-order valence-corrected chi connectivity index (χ1v) is 6.55. The topological polar surface area (TPSA) is 66.4 Å². The van der Waals surface area contributed by atoms with Crippen LogP contribution in [0.4, 0.5) is 0 Å². The molecule has 0 bridgehead atoms. The minimum Gasteiger partial charge on any atom is -0.481 e. The molecule has 0 aromatic carbocycles. The van der Waals surface area contributed by atoms with Crippen LogP contribution in [0.5, 0.6) is 0 Å². The number of rotatable bonds is 10. The van der Waals surface area contributed by atoms with Gasteiger partial charge in [0.05, 0.1) is 6.42 Å². The summed E-state index contributed by atoms with van der Waals surface area (Å²) in [5.41, 5.74) is 0. The molecule has 0 rings (SSSR count). The van der Waals surface area contributed by atoms with E-state index in [2.05, 4.69) is 12.2 Å². The summed E-state index contributed by atoms with van der Waals surface area (Å²) in [6, 6.07) is 0. The average molecular weight is 243 g/mol. The molecule has 0 heterocycles. The number of carboxylic acids is 1. The van der Waals surface area contributed by atoms with Gasteiger partial charge >= 0.3 is 5.97 Å². The maximum Gasteiger partial charge on any atom is 0.304 e. The van der Waals surface area contributed by atoms with Crippen molar-refractivity contribution in [1.29, 1.82) is 0 Å². The van der Waals surface area contributed by atoms with Crippen molar-refractivity contribution in [3.8, 4) is 0 Å². The van der Waals surface area contributed by atoms with E-state index in [-0.39, 0.29) is 18.2 Å². The summed E-state index contributed by atoms with van der Waals surface area (Å²) in [5.74, 6) is -1.42. The highest BCUT2D eigenvalue weighted by atomic mass is 16.4. The minimum absolute atomic E-state index is 0.0609. The molecule has 1 unspecified atom stereocenters. The number of carbonyl (C=O) groups excluding carboxylic acids is 1. The molecule has 0 aromatic rings. The quantitative estimate of drug-likeness (QED) is 0.579. The van der Waals surface area contributed by atoms with Crippen LogP contribution in [0.1, 0.15) is 58.3 Å². The van der Waals surface area contributed by atoms with Crippen LogP contribution in [0.2, 0.25) is 0 Å². The predicted octanol–water partition coefficient (Wildman–Crippen LogP) is 2.57. The fourth-order valence-electron chi connectivity index (χ4n) is 1.91. The van der Waals surface area contributed by atoms with Crippen LogP contribution < -0.4 is 5.32 Å². The van der Waals surface area contributed by atoms with Gasteiger partial charge < -0.3 is 10.4 Å². The Morgan fingerprint density at radius 3 is 2.24 bits per heavy atom. The normalized spacial score (nSPS) is 12.1. The summed E-state index contributed by atoms with van der Waals surface area (Å²) in [7, 11) is 1.55. The molecule has 4 heteroatoms. The van der Waals surface area contributed by atoms with Crippen LogP contribution in [0.15, 0.2) is 0 Å². The van der Waals surface area contributed by atoms with Gasteiger partial charge in [-0.25, -0.2) is 0 Å². The number of hydrogen-bond donors (Lipinski definition) is 2. The Bertz CT molecular complexity index is 229. The third kappa shape index (κ3) is 8.72. The van der Waals surface area contributed by atoms with E-state index in [9.17, 15) is 9.59 Å². The second-order valence-corrected chi connectivity index (χ2v) is 4.47. The first-order valence-electron chi connectivity index (χ1n) is 6.55. The van der Waals surface area contributed by atoms with Crippen molar-refractivity contribution in [1.82, 2.24) is 5.32 Å². The van der Waals surface area contributed by atoms with Gasteiger partial charge in [0.2, 0.25) is 5.91 Å². The van der Waals surface area contributed by atoms with Crippen molar-refractivity contribution in [2.45, 2.75) is 58.3 Å². The molecule has 0 aliphatic heterocycles. The number of aliphatic carboxylic acids is 1. The van der Waals surface area contributed by atoms with Crippen molar-refractivity contribution in [2.24, 2.45) is 5.92 Å². The Balaban J connectivity index is 3.76. The summed E-state index contributed by atoms with van der Waals surface area (Å²) in [5, 5.41) is 11.3. The standard InChI is InChI=1S/C13H25NO3/c1-3-4-5-6-7-8-9-11(10-12(15)16)13(17)14-2/h11H,3-10H2,1-2H3,(H,14,17)(H,15,16). The van der Waals surface area contributed by atoms with Crippen LogP contribution in [0.3, 0.4) is 0 Å². The van der Waals surface area contributed by atoms with Gasteiger partial charge in [-0.1, -0.05) is 45.4 Å². The third-order valence-corrected chi connectivity index (χ3v) is 2.94. The number of carboxylic acid groups (broad SMARTS) is 1. The van der Waals surface area contributed by atoms with Crippen LogP contribution in [0.25, 0.3) is 0 Å². The SMILES string of the molecule is CCCCCCCCC(CC(=O)O)C(=O)NC. The van der Waals surface area contributed by atoms with E-state index in [0.717, 1.165) is 12.8 Å². The molecule has 0 radical (unpaired) electrons. The van der Waals surface area contributed by atoms with Crippen molar-refractivity contribution < 1.29 is 14.7 Å².